The zero-order valence-electron chi connectivity index (χ0n) is 5.84. The van der Waals surface area contributed by atoms with E-state index in [-0.39, 0.29) is 6.54 Å². The first-order valence-electron chi connectivity index (χ1n) is 3.11. The second kappa shape index (κ2) is 3.02. The molecule has 1 rings (SSSR count). The van der Waals surface area contributed by atoms with Gasteiger partial charge in [0, 0.05) is 5.69 Å². The topological polar surface area (TPSA) is 30.4 Å². The van der Waals surface area contributed by atoms with Crippen LogP contribution < -0.4 is 5.73 Å². The van der Waals surface area contributed by atoms with Gasteiger partial charge >= 0.3 is 0 Å². The number of rotatable bonds is 1. The van der Waals surface area contributed by atoms with Crippen molar-refractivity contribution in [3.05, 3.63) is 41.0 Å². The van der Waals surface area contributed by atoms with E-state index in [1.165, 1.54) is 12.1 Å². The molecular formula is C8H7FN2. The largest absolute Gasteiger partial charge is 0.399 e. The van der Waals surface area contributed by atoms with Gasteiger partial charge in [0.25, 0.3) is 0 Å². The Morgan fingerprint density at radius 1 is 1.55 bits per heavy atom. The highest BCUT2D eigenvalue weighted by Crippen LogP contribution is 2.12. The summed E-state index contributed by atoms with van der Waals surface area (Å²) in [6.07, 6.45) is 0. The number of benzene rings is 1. The molecule has 1 aromatic rings. The Labute approximate surface area is 64.3 Å². The maximum atomic E-state index is 12.8. The highest BCUT2D eigenvalue weighted by Gasteiger charge is 2.02. The molecule has 2 N–H and O–H groups in total. The molecule has 0 radical (unpaired) electrons. The molecule has 56 valence electrons. The van der Waals surface area contributed by atoms with Crippen molar-refractivity contribution in [2.75, 3.05) is 5.73 Å². The lowest BCUT2D eigenvalue weighted by Crippen LogP contribution is -1.90. The van der Waals surface area contributed by atoms with Crippen LogP contribution in [0.4, 0.5) is 10.1 Å². The van der Waals surface area contributed by atoms with Crippen molar-refractivity contribution in [3.8, 4) is 0 Å². The zero-order valence-corrected chi connectivity index (χ0v) is 5.84. The quantitative estimate of drug-likeness (QED) is 0.480. The fraction of sp³-hybridized carbons (Fsp3) is 0.125. The van der Waals surface area contributed by atoms with Crippen molar-refractivity contribution in [1.82, 2.24) is 0 Å². The third-order valence-corrected chi connectivity index (χ3v) is 1.33. The van der Waals surface area contributed by atoms with Gasteiger partial charge in [0.1, 0.15) is 5.82 Å². The van der Waals surface area contributed by atoms with Crippen molar-refractivity contribution in [2.24, 2.45) is 0 Å². The van der Waals surface area contributed by atoms with Crippen molar-refractivity contribution in [1.29, 1.82) is 0 Å². The highest BCUT2D eigenvalue weighted by atomic mass is 19.1. The van der Waals surface area contributed by atoms with Crippen LogP contribution in [-0.4, -0.2) is 0 Å². The van der Waals surface area contributed by atoms with Crippen molar-refractivity contribution >= 4 is 5.69 Å². The normalized spacial score (nSPS) is 9.09. The van der Waals surface area contributed by atoms with Crippen LogP contribution in [0.25, 0.3) is 4.85 Å². The lowest BCUT2D eigenvalue weighted by molar-refractivity contribution is 0.615. The summed E-state index contributed by atoms with van der Waals surface area (Å²) in [5, 5.41) is 0. The number of nitrogens with zero attached hydrogens (tertiary/aromatic N) is 1. The molecule has 2 nitrogen and oxygen atoms in total. The van der Waals surface area contributed by atoms with Crippen molar-refractivity contribution in [2.45, 2.75) is 6.54 Å². The SMILES string of the molecule is [C-]#[N+]Cc1ccc(N)cc1F. The summed E-state index contributed by atoms with van der Waals surface area (Å²) in [7, 11) is 0. The van der Waals surface area contributed by atoms with Gasteiger partial charge in [-0.3, -0.25) is 0 Å². The summed E-state index contributed by atoms with van der Waals surface area (Å²) in [4.78, 5) is 3.07. The Kier molecular flexibility index (Phi) is 2.07. The van der Waals surface area contributed by atoms with E-state index in [2.05, 4.69) is 4.85 Å². The fourth-order valence-electron chi connectivity index (χ4n) is 0.777. The Morgan fingerprint density at radius 3 is 2.82 bits per heavy atom. The summed E-state index contributed by atoms with van der Waals surface area (Å²) in [6.45, 7) is 6.59. The third-order valence-electron chi connectivity index (χ3n) is 1.33. The number of hydrogen-bond acceptors (Lipinski definition) is 1. The molecule has 0 saturated heterocycles. The number of nitrogen functional groups attached to an aromatic ring is 1. The molecule has 0 spiro atoms. The Hall–Kier alpha value is -1.56. The van der Waals surface area contributed by atoms with Crippen LogP contribution in [0.3, 0.4) is 0 Å². The molecule has 0 unspecified atom stereocenters. The number of anilines is 1. The maximum absolute atomic E-state index is 12.8. The molecule has 0 aliphatic rings. The van der Waals surface area contributed by atoms with Crippen molar-refractivity contribution in [3.63, 3.8) is 0 Å². The van der Waals surface area contributed by atoms with E-state index in [0.717, 1.165) is 0 Å². The van der Waals surface area contributed by atoms with Gasteiger partial charge in [0.05, 0.1) is 5.56 Å². The van der Waals surface area contributed by atoms with E-state index in [4.69, 9.17) is 12.3 Å². The fourth-order valence-corrected chi connectivity index (χ4v) is 0.777. The third kappa shape index (κ3) is 1.68. The molecule has 0 saturated carbocycles. The summed E-state index contributed by atoms with van der Waals surface area (Å²) in [6, 6.07) is 4.34. The second-order valence-electron chi connectivity index (χ2n) is 2.17. The van der Waals surface area contributed by atoms with E-state index in [1.807, 2.05) is 0 Å². The van der Waals surface area contributed by atoms with Gasteiger partial charge in [-0.15, -0.1) is 0 Å². The summed E-state index contributed by atoms with van der Waals surface area (Å²) >= 11 is 0. The minimum atomic E-state index is -0.402. The molecule has 0 atom stereocenters. The highest BCUT2D eigenvalue weighted by molar-refractivity contribution is 5.40. The van der Waals surface area contributed by atoms with Crippen LogP contribution in [-0.2, 0) is 6.54 Å². The molecule has 0 heterocycles. The van der Waals surface area contributed by atoms with Gasteiger partial charge < -0.3 is 10.6 Å². The zero-order chi connectivity index (χ0) is 8.27. The number of halogens is 1. The Morgan fingerprint density at radius 2 is 2.27 bits per heavy atom. The number of hydrogen-bond donors (Lipinski definition) is 1. The molecule has 0 amide bonds. The maximum Gasteiger partial charge on any atom is 0.242 e. The minimum Gasteiger partial charge on any atom is -0.399 e. The molecule has 0 bridgehead atoms. The summed E-state index contributed by atoms with van der Waals surface area (Å²) in [5.74, 6) is -0.402. The first-order chi connectivity index (χ1) is 5.24. The molecule has 0 aliphatic carbocycles. The van der Waals surface area contributed by atoms with E-state index in [9.17, 15) is 4.39 Å². The summed E-state index contributed by atoms with van der Waals surface area (Å²) < 4.78 is 12.8. The van der Waals surface area contributed by atoms with Crippen LogP contribution in [0.1, 0.15) is 5.56 Å². The Balaban J connectivity index is 3.01. The van der Waals surface area contributed by atoms with Gasteiger partial charge in [-0.1, -0.05) is 0 Å². The molecule has 0 aromatic heterocycles. The van der Waals surface area contributed by atoms with Crippen LogP contribution in [0.15, 0.2) is 18.2 Å². The van der Waals surface area contributed by atoms with Gasteiger partial charge in [-0.05, 0) is 18.2 Å². The number of nitrogens with two attached hydrogens (primary N) is 1. The lowest BCUT2D eigenvalue weighted by atomic mass is 10.2. The monoisotopic (exact) mass is 150 g/mol. The van der Waals surface area contributed by atoms with E-state index < -0.39 is 5.82 Å². The molecule has 0 fully saturated rings. The predicted molar refractivity (Wildman–Crippen MR) is 41.1 cm³/mol. The Bertz CT molecular complexity index is 301. The molecular weight excluding hydrogens is 143 g/mol. The van der Waals surface area contributed by atoms with Gasteiger partial charge in [-0.2, -0.15) is 0 Å². The van der Waals surface area contributed by atoms with E-state index in [0.29, 0.717) is 11.3 Å². The smallest absolute Gasteiger partial charge is 0.242 e. The molecule has 3 heteroatoms. The average Bonchev–Trinajstić information content (AvgIpc) is 1.95. The van der Waals surface area contributed by atoms with Crippen LogP contribution in [0.5, 0.6) is 0 Å². The van der Waals surface area contributed by atoms with Gasteiger partial charge in [-0.25, -0.2) is 11.0 Å². The average molecular weight is 150 g/mol. The van der Waals surface area contributed by atoms with Crippen LogP contribution >= 0.6 is 0 Å². The first-order valence-corrected chi connectivity index (χ1v) is 3.11. The summed E-state index contributed by atoms with van der Waals surface area (Å²) in [5.41, 5.74) is 6.09. The molecule has 11 heavy (non-hydrogen) atoms. The molecule has 1 aromatic carbocycles. The van der Waals surface area contributed by atoms with Gasteiger partial charge in [0.2, 0.25) is 6.54 Å². The van der Waals surface area contributed by atoms with Gasteiger partial charge in [0.15, 0.2) is 0 Å². The standard InChI is InChI=1S/C8H7FN2/c1-11-5-6-2-3-7(10)4-8(6)9/h2-4H,5,10H2. The predicted octanol–water partition coefficient (Wildman–Crippen LogP) is 1.83. The lowest BCUT2D eigenvalue weighted by Gasteiger charge is -1.95. The second-order valence-corrected chi connectivity index (χ2v) is 2.17. The van der Waals surface area contributed by atoms with Crippen LogP contribution in [0, 0.1) is 12.4 Å². The van der Waals surface area contributed by atoms with Crippen LogP contribution in [0.2, 0.25) is 0 Å². The van der Waals surface area contributed by atoms with Crippen molar-refractivity contribution < 1.29 is 4.39 Å². The van der Waals surface area contributed by atoms with E-state index in [1.54, 1.807) is 6.07 Å². The molecule has 0 aliphatic heterocycles. The minimum absolute atomic E-state index is 0.0755. The first kappa shape index (κ1) is 7.55. The van der Waals surface area contributed by atoms with E-state index >= 15 is 0 Å².